The first kappa shape index (κ1) is 22.0. The first-order chi connectivity index (χ1) is 15.9. The van der Waals surface area contributed by atoms with E-state index in [-0.39, 0.29) is 29.8 Å². The molecule has 4 rings (SSSR count). The molecule has 0 saturated heterocycles. The number of aliphatic hydroxyl groups is 1. The number of furan rings is 1. The summed E-state index contributed by atoms with van der Waals surface area (Å²) in [6.45, 7) is 3.55. The molecular weight excluding hydrogens is 424 g/mol. The number of anilines is 1. The Bertz CT molecular complexity index is 1200. The van der Waals surface area contributed by atoms with Gasteiger partial charge in [0.2, 0.25) is 5.78 Å². The van der Waals surface area contributed by atoms with E-state index in [4.69, 9.17) is 9.15 Å². The van der Waals surface area contributed by atoms with Crippen molar-refractivity contribution < 1.29 is 28.6 Å². The van der Waals surface area contributed by atoms with Crippen LogP contribution in [0.15, 0.2) is 82.9 Å². The van der Waals surface area contributed by atoms with Crippen molar-refractivity contribution in [2.24, 2.45) is 0 Å². The molecule has 1 aliphatic rings. The number of ether oxygens (including phenoxy) is 1. The minimum Gasteiger partial charge on any atom is -0.503 e. The summed E-state index contributed by atoms with van der Waals surface area (Å²) in [4.78, 5) is 43.6. The van der Waals surface area contributed by atoms with E-state index in [1.807, 2.05) is 0 Å². The molecule has 168 valence electrons. The molecule has 0 aliphatic carbocycles. The van der Waals surface area contributed by atoms with E-state index < -0.39 is 23.5 Å². The van der Waals surface area contributed by atoms with Gasteiger partial charge in [0.05, 0.1) is 30.4 Å². The number of amides is 1. The largest absolute Gasteiger partial charge is 0.503 e. The van der Waals surface area contributed by atoms with Gasteiger partial charge in [0.15, 0.2) is 11.5 Å². The highest BCUT2D eigenvalue weighted by Gasteiger charge is 2.45. The maximum atomic E-state index is 13.1. The van der Waals surface area contributed by atoms with Gasteiger partial charge < -0.3 is 14.3 Å². The fourth-order valence-corrected chi connectivity index (χ4v) is 3.74. The first-order valence-corrected chi connectivity index (χ1v) is 10.4. The van der Waals surface area contributed by atoms with Crippen molar-refractivity contribution in [1.82, 2.24) is 4.98 Å². The summed E-state index contributed by atoms with van der Waals surface area (Å²) in [5, 5.41) is 10.7. The number of Topliss-reactive ketones (excluding diaryl/α,β-unsaturated/α-hetero) is 1. The summed E-state index contributed by atoms with van der Waals surface area (Å²) in [7, 11) is 0. The zero-order chi connectivity index (χ0) is 23.5. The molecule has 1 aromatic carbocycles. The second-order valence-corrected chi connectivity index (χ2v) is 7.81. The molecule has 1 atom stereocenters. The Morgan fingerprint density at radius 2 is 1.91 bits per heavy atom. The highest BCUT2D eigenvalue weighted by Crippen LogP contribution is 2.41. The van der Waals surface area contributed by atoms with Gasteiger partial charge in [-0.3, -0.25) is 24.3 Å². The van der Waals surface area contributed by atoms with Gasteiger partial charge in [-0.1, -0.05) is 18.2 Å². The zero-order valence-electron chi connectivity index (χ0n) is 18.1. The van der Waals surface area contributed by atoms with Gasteiger partial charge in [-0.05, 0) is 55.3 Å². The Hall–Kier alpha value is -4.20. The topological polar surface area (TPSA) is 110 Å². The van der Waals surface area contributed by atoms with Crippen molar-refractivity contribution in [2.45, 2.75) is 32.4 Å². The van der Waals surface area contributed by atoms with E-state index in [1.165, 1.54) is 23.4 Å². The van der Waals surface area contributed by atoms with Crippen molar-refractivity contribution in [3.05, 3.63) is 95.4 Å². The fourth-order valence-electron chi connectivity index (χ4n) is 3.74. The monoisotopic (exact) mass is 446 g/mol. The SMILES string of the molecule is CC(C)OC(=O)Cc1ccc(N2C(=O)C(O)=C(C(=O)c3ccco3)C2c2cccnc2)cc1. The molecule has 1 N–H and O–H groups in total. The third-order valence-corrected chi connectivity index (χ3v) is 5.13. The van der Waals surface area contributed by atoms with Gasteiger partial charge in [0.25, 0.3) is 5.91 Å². The summed E-state index contributed by atoms with van der Waals surface area (Å²) in [6.07, 6.45) is 4.34. The van der Waals surface area contributed by atoms with Crippen LogP contribution in [-0.4, -0.2) is 33.9 Å². The molecule has 3 aromatic rings. The van der Waals surface area contributed by atoms with Crippen molar-refractivity contribution >= 4 is 23.3 Å². The van der Waals surface area contributed by atoms with Crippen LogP contribution in [-0.2, 0) is 20.7 Å². The van der Waals surface area contributed by atoms with Crippen LogP contribution >= 0.6 is 0 Å². The molecule has 1 amide bonds. The average Bonchev–Trinajstić information content (AvgIpc) is 3.42. The van der Waals surface area contributed by atoms with Crippen molar-refractivity contribution in [3.8, 4) is 0 Å². The standard InChI is InChI=1S/C25H22N2O6/c1-15(2)33-20(28)13-16-7-9-18(10-8-16)27-22(17-5-3-11-26-14-17)21(24(30)25(27)31)23(29)19-6-4-12-32-19/h3-12,14-15,22,30H,13H2,1-2H3. The number of carbonyl (C=O) groups is 3. The molecule has 2 aromatic heterocycles. The number of pyridine rings is 1. The minimum atomic E-state index is -0.902. The summed E-state index contributed by atoms with van der Waals surface area (Å²) in [5.41, 5.74) is 1.61. The number of esters is 1. The average molecular weight is 446 g/mol. The number of nitrogens with zero attached hydrogens (tertiary/aromatic N) is 2. The Balaban J connectivity index is 1.70. The molecule has 8 nitrogen and oxygen atoms in total. The molecule has 0 fully saturated rings. The normalized spacial score (nSPS) is 15.9. The number of rotatable bonds is 7. The number of carbonyl (C=O) groups excluding carboxylic acids is 3. The smallest absolute Gasteiger partial charge is 0.310 e. The number of ketones is 1. The lowest BCUT2D eigenvalue weighted by molar-refractivity contribution is -0.146. The highest BCUT2D eigenvalue weighted by molar-refractivity contribution is 6.20. The maximum absolute atomic E-state index is 13.1. The number of benzene rings is 1. The van der Waals surface area contributed by atoms with Gasteiger partial charge >= 0.3 is 5.97 Å². The van der Waals surface area contributed by atoms with Gasteiger partial charge in [-0.15, -0.1) is 0 Å². The van der Waals surface area contributed by atoms with Gasteiger partial charge in [0.1, 0.15) is 0 Å². The van der Waals surface area contributed by atoms with Crippen LogP contribution in [0.25, 0.3) is 0 Å². The Morgan fingerprint density at radius 1 is 1.15 bits per heavy atom. The molecular formula is C25H22N2O6. The predicted molar refractivity (Wildman–Crippen MR) is 119 cm³/mol. The Kier molecular flexibility index (Phi) is 6.08. The Labute approximate surface area is 190 Å². The Morgan fingerprint density at radius 3 is 2.52 bits per heavy atom. The van der Waals surface area contributed by atoms with Gasteiger partial charge in [0, 0.05) is 18.1 Å². The second-order valence-electron chi connectivity index (χ2n) is 7.81. The van der Waals surface area contributed by atoms with E-state index >= 15 is 0 Å². The molecule has 33 heavy (non-hydrogen) atoms. The number of aliphatic hydroxyl groups excluding tert-OH is 1. The number of aromatic nitrogens is 1. The third-order valence-electron chi connectivity index (χ3n) is 5.13. The molecule has 0 saturated carbocycles. The fraction of sp³-hybridized carbons (Fsp3) is 0.200. The molecule has 0 bridgehead atoms. The molecule has 3 heterocycles. The van der Waals surface area contributed by atoms with Crippen LogP contribution in [0.2, 0.25) is 0 Å². The van der Waals surface area contributed by atoms with Crippen molar-refractivity contribution in [1.29, 1.82) is 0 Å². The first-order valence-electron chi connectivity index (χ1n) is 10.4. The van der Waals surface area contributed by atoms with E-state index in [9.17, 15) is 19.5 Å². The van der Waals surface area contributed by atoms with Crippen LogP contribution in [0.1, 0.15) is 41.6 Å². The van der Waals surface area contributed by atoms with Crippen LogP contribution in [0, 0.1) is 0 Å². The van der Waals surface area contributed by atoms with E-state index in [1.54, 1.807) is 62.5 Å². The molecule has 0 spiro atoms. The van der Waals surface area contributed by atoms with Crippen molar-refractivity contribution in [2.75, 3.05) is 4.90 Å². The maximum Gasteiger partial charge on any atom is 0.310 e. The summed E-state index contributed by atoms with van der Waals surface area (Å²) >= 11 is 0. The van der Waals surface area contributed by atoms with Crippen molar-refractivity contribution in [3.63, 3.8) is 0 Å². The highest BCUT2D eigenvalue weighted by atomic mass is 16.5. The molecule has 1 unspecified atom stereocenters. The lowest BCUT2D eigenvalue weighted by Crippen LogP contribution is -2.31. The van der Waals surface area contributed by atoms with Gasteiger partial charge in [-0.2, -0.15) is 0 Å². The zero-order valence-corrected chi connectivity index (χ0v) is 18.1. The lowest BCUT2D eigenvalue weighted by Gasteiger charge is -2.26. The second kappa shape index (κ2) is 9.12. The molecule has 1 aliphatic heterocycles. The van der Waals surface area contributed by atoms with Crippen LogP contribution < -0.4 is 4.90 Å². The summed E-state index contributed by atoms with van der Waals surface area (Å²) in [6, 6.07) is 12.3. The number of hydrogen-bond acceptors (Lipinski definition) is 7. The molecule has 0 radical (unpaired) electrons. The number of hydrogen-bond donors (Lipinski definition) is 1. The van der Waals surface area contributed by atoms with Crippen LogP contribution in [0.3, 0.4) is 0 Å². The molecule has 8 heteroatoms. The third kappa shape index (κ3) is 4.41. The summed E-state index contributed by atoms with van der Waals surface area (Å²) < 4.78 is 10.4. The van der Waals surface area contributed by atoms with E-state index in [2.05, 4.69) is 4.98 Å². The van der Waals surface area contributed by atoms with E-state index in [0.29, 0.717) is 16.8 Å². The quantitative estimate of drug-likeness (QED) is 0.432. The summed E-state index contributed by atoms with van der Waals surface area (Å²) in [5.74, 6) is -2.29. The van der Waals surface area contributed by atoms with Crippen LogP contribution in [0.5, 0.6) is 0 Å². The van der Waals surface area contributed by atoms with E-state index in [0.717, 1.165) is 0 Å². The van der Waals surface area contributed by atoms with Crippen LogP contribution in [0.4, 0.5) is 5.69 Å². The predicted octanol–water partition coefficient (Wildman–Crippen LogP) is 3.95. The minimum absolute atomic E-state index is 0.0131. The van der Waals surface area contributed by atoms with Gasteiger partial charge in [-0.25, -0.2) is 0 Å². The lowest BCUT2D eigenvalue weighted by atomic mass is 9.96.